The highest BCUT2D eigenvalue weighted by atomic mass is 16.5. The Morgan fingerprint density at radius 3 is 2.62 bits per heavy atom. The lowest BCUT2D eigenvalue weighted by Gasteiger charge is -2.16. The summed E-state index contributed by atoms with van der Waals surface area (Å²) in [6.07, 6.45) is 4.07. The summed E-state index contributed by atoms with van der Waals surface area (Å²) in [6.45, 7) is 3.72. The molecule has 1 N–H and O–H groups in total. The number of aryl methyl sites for hydroxylation is 1. The SMILES string of the molecule is COc1cccc(CCCCC(C)(C)O)c1. The molecule has 0 aliphatic carbocycles. The molecule has 0 spiro atoms. The molecule has 0 amide bonds. The minimum absolute atomic E-state index is 0.533. The number of benzene rings is 1. The summed E-state index contributed by atoms with van der Waals surface area (Å²) >= 11 is 0. The van der Waals surface area contributed by atoms with Crippen molar-refractivity contribution in [2.45, 2.75) is 45.1 Å². The number of rotatable bonds is 6. The zero-order chi connectivity index (χ0) is 12.0. The first-order valence-corrected chi connectivity index (χ1v) is 5.86. The lowest BCUT2D eigenvalue weighted by molar-refractivity contribution is 0.0682. The quantitative estimate of drug-likeness (QED) is 0.749. The molecule has 0 bridgehead atoms. The Morgan fingerprint density at radius 1 is 1.25 bits per heavy atom. The zero-order valence-corrected chi connectivity index (χ0v) is 10.5. The van der Waals surface area contributed by atoms with E-state index in [1.807, 2.05) is 26.0 Å². The fourth-order valence-corrected chi connectivity index (χ4v) is 1.71. The second-order valence-electron chi connectivity index (χ2n) is 4.87. The Balaban J connectivity index is 2.32. The zero-order valence-electron chi connectivity index (χ0n) is 10.5. The number of hydrogen-bond donors (Lipinski definition) is 1. The molecule has 0 atom stereocenters. The molecule has 1 aromatic rings. The van der Waals surface area contributed by atoms with Gasteiger partial charge in [0.2, 0.25) is 0 Å². The molecule has 90 valence electrons. The first-order valence-electron chi connectivity index (χ1n) is 5.86. The van der Waals surface area contributed by atoms with Crippen LogP contribution in [0.3, 0.4) is 0 Å². The van der Waals surface area contributed by atoms with Gasteiger partial charge in [-0.1, -0.05) is 18.6 Å². The van der Waals surface area contributed by atoms with Gasteiger partial charge >= 0.3 is 0 Å². The van der Waals surface area contributed by atoms with E-state index in [0.29, 0.717) is 0 Å². The average Bonchev–Trinajstić information content (AvgIpc) is 2.23. The third kappa shape index (κ3) is 5.17. The van der Waals surface area contributed by atoms with Crippen molar-refractivity contribution in [2.75, 3.05) is 7.11 Å². The summed E-state index contributed by atoms with van der Waals surface area (Å²) < 4.78 is 5.18. The van der Waals surface area contributed by atoms with E-state index >= 15 is 0 Å². The second kappa shape index (κ2) is 5.90. The van der Waals surface area contributed by atoms with Crippen LogP contribution in [0, 0.1) is 0 Å². The van der Waals surface area contributed by atoms with Gasteiger partial charge < -0.3 is 9.84 Å². The Kier molecular flexibility index (Phi) is 4.81. The Labute approximate surface area is 98.3 Å². The summed E-state index contributed by atoms with van der Waals surface area (Å²) in [7, 11) is 1.69. The normalized spacial score (nSPS) is 11.5. The number of methoxy groups -OCH3 is 1. The fourth-order valence-electron chi connectivity index (χ4n) is 1.71. The van der Waals surface area contributed by atoms with Crippen LogP contribution in [0.1, 0.15) is 38.7 Å². The number of unbranched alkanes of at least 4 members (excludes halogenated alkanes) is 1. The minimum Gasteiger partial charge on any atom is -0.497 e. The third-order valence-corrected chi connectivity index (χ3v) is 2.64. The van der Waals surface area contributed by atoms with Crippen LogP contribution in [0.2, 0.25) is 0 Å². The first-order chi connectivity index (χ1) is 7.51. The van der Waals surface area contributed by atoms with Crippen molar-refractivity contribution >= 4 is 0 Å². The minimum atomic E-state index is -0.533. The van der Waals surface area contributed by atoms with Crippen molar-refractivity contribution in [1.82, 2.24) is 0 Å². The van der Waals surface area contributed by atoms with Crippen molar-refractivity contribution in [3.05, 3.63) is 29.8 Å². The molecule has 0 fully saturated rings. The van der Waals surface area contributed by atoms with E-state index < -0.39 is 5.60 Å². The summed E-state index contributed by atoms with van der Waals surface area (Å²) in [5.41, 5.74) is 0.768. The van der Waals surface area contributed by atoms with Gasteiger partial charge in [-0.15, -0.1) is 0 Å². The maximum Gasteiger partial charge on any atom is 0.119 e. The van der Waals surface area contributed by atoms with E-state index in [1.165, 1.54) is 5.56 Å². The Bertz CT molecular complexity index is 313. The van der Waals surface area contributed by atoms with Gasteiger partial charge in [-0.2, -0.15) is 0 Å². The van der Waals surface area contributed by atoms with E-state index in [-0.39, 0.29) is 0 Å². The smallest absolute Gasteiger partial charge is 0.119 e. The van der Waals surface area contributed by atoms with Crippen LogP contribution in [0.4, 0.5) is 0 Å². The lowest BCUT2D eigenvalue weighted by atomic mass is 9.99. The fraction of sp³-hybridized carbons (Fsp3) is 0.571. The Hall–Kier alpha value is -1.02. The molecule has 2 heteroatoms. The van der Waals surface area contributed by atoms with Gasteiger partial charge in [0.25, 0.3) is 0 Å². The van der Waals surface area contributed by atoms with E-state index in [9.17, 15) is 5.11 Å². The highest BCUT2D eigenvalue weighted by molar-refractivity contribution is 5.28. The van der Waals surface area contributed by atoms with Crippen LogP contribution in [-0.2, 0) is 6.42 Å². The van der Waals surface area contributed by atoms with E-state index in [0.717, 1.165) is 31.4 Å². The molecule has 0 heterocycles. The standard InChI is InChI=1S/C14H22O2/c1-14(2,15)10-5-4-7-12-8-6-9-13(11-12)16-3/h6,8-9,11,15H,4-5,7,10H2,1-3H3. The highest BCUT2D eigenvalue weighted by Crippen LogP contribution is 2.17. The molecule has 0 unspecified atom stereocenters. The van der Waals surface area contributed by atoms with Crippen LogP contribution in [0.5, 0.6) is 5.75 Å². The first kappa shape index (κ1) is 13.0. The third-order valence-electron chi connectivity index (χ3n) is 2.64. The van der Waals surface area contributed by atoms with Gasteiger partial charge in [0.15, 0.2) is 0 Å². The topological polar surface area (TPSA) is 29.5 Å². The van der Waals surface area contributed by atoms with Crippen LogP contribution >= 0.6 is 0 Å². The molecule has 0 aliphatic heterocycles. The summed E-state index contributed by atoms with van der Waals surface area (Å²) in [6, 6.07) is 8.17. The maximum atomic E-state index is 9.58. The van der Waals surface area contributed by atoms with E-state index in [1.54, 1.807) is 7.11 Å². The van der Waals surface area contributed by atoms with Gasteiger partial charge in [0.05, 0.1) is 12.7 Å². The molecule has 2 nitrogen and oxygen atoms in total. The highest BCUT2D eigenvalue weighted by Gasteiger charge is 2.10. The molecular weight excluding hydrogens is 200 g/mol. The molecule has 16 heavy (non-hydrogen) atoms. The van der Waals surface area contributed by atoms with Crippen LogP contribution in [-0.4, -0.2) is 17.8 Å². The van der Waals surface area contributed by atoms with Crippen molar-refractivity contribution in [3.63, 3.8) is 0 Å². The van der Waals surface area contributed by atoms with Crippen molar-refractivity contribution in [2.24, 2.45) is 0 Å². The number of ether oxygens (including phenoxy) is 1. The predicted octanol–water partition coefficient (Wildman–Crippen LogP) is 3.18. The second-order valence-corrected chi connectivity index (χ2v) is 4.87. The van der Waals surface area contributed by atoms with Gasteiger partial charge in [-0.3, -0.25) is 0 Å². The van der Waals surface area contributed by atoms with Crippen molar-refractivity contribution < 1.29 is 9.84 Å². The summed E-state index contributed by atoms with van der Waals surface area (Å²) in [5, 5.41) is 9.58. The largest absolute Gasteiger partial charge is 0.497 e. The van der Waals surface area contributed by atoms with Crippen LogP contribution in [0.15, 0.2) is 24.3 Å². The van der Waals surface area contributed by atoms with Crippen LogP contribution < -0.4 is 4.74 Å². The predicted molar refractivity (Wildman–Crippen MR) is 66.8 cm³/mol. The van der Waals surface area contributed by atoms with Crippen molar-refractivity contribution in [3.8, 4) is 5.75 Å². The van der Waals surface area contributed by atoms with Gasteiger partial charge in [-0.25, -0.2) is 0 Å². The molecule has 1 aromatic carbocycles. The molecule has 0 saturated heterocycles. The van der Waals surface area contributed by atoms with Gasteiger partial charge in [0.1, 0.15) is 5.75 Å². The summed E-state index contributed by atoms with van der Waals surface area (Å²) in [4.78, 5) is 0. The maximum absolute atomic E-state index is 9.58. The van der Waals surface area contributed by atoms with E-state index in [4.69, 9.17) is 4.74 Å². The molecular formula is C14H22O2. The van der Waals surface area contributed by atoms with Gasteiger partial charge in [0, 0.05) is 0 Å². The molecule has 0 saturated carbocycles. The van der Waals surface area contributed by atoms with Gasteiger partial charge in [-0.05, 0) is 50.8 Å². The lowest BCUT2D eigenvalue weighted by Crippen LogP contribution is -2.17. The number of hydrogen-bond acceptors (Lipinski definition) is 2. The molecule has 0 radical (unpaired) electrons. The average molecular weight is 222 g/mol. The van der Waals surface area contributed by atoms with E-state index in [2.05, 4.69) is 12.1 Å². The molecule has 0 aliphatic rings. The van der Waals surface area contributed by atoms with Crippen molar-refractivity contribution in [1.29, 1.82) is 0 Å². The molecule has 1 rings (SSSR count). The van der Waals surface area contributed by atoms with Crippen LogP contribution in [0.25, 0.3) is 0 Å². The Morgan fingerprint density at radius 2 is 2.00 bits per heavy atom. The summed E-state index contributed by atoms with van der Waals surface area (Å²) in [5.74, 6) is 0.917. The molecule has 0 aromatic heterocycles. The monoisotopic (exact) mass is 222 g/mol. The number of aliphatic hydroxyl groups is 1.